The zero-order valence-corrected chi connectivity index (χ0v) is 14.6. The molecular formula is C19H25N3O2. The lowest BCUT2D eigenvalue weighted by Crippen LogP contribution is -2.45. The highest BCUT2D eigenvalue weighted by molar-refractivity contribution is 5.79. The molecule has 128 valence electrons. The molecule has 5 nitrogen and oxygen atoms in total. The topological polar surface area (TPSA) is 64.0 Å². The predicted octanol–water partition coefficient (Wildman–Crippen LogP) is 2.65. The second kappa shape index (κ2) is 6.75. The normalized spacial score (nSPS) is 24.0. The highest BCUT2D eigenvalue weighted by Crippen LogP contribution is 2.29. The molecule has 1 aliphatic carbocycles. The standard InChI is InChI=1S/C19H25N3O2/c1-12-7-6-10-16(13(12)2)21-18(23)11-22-14(3)20-17-9-5-4-8-15(17)19(22)24/h4-5,8-9,12-13,16H,6-7,10-11H2,1-3H3,(H,21,23)/t12-,13-,16+/m0/s1. The van der Waals surface area contributed by atoms with E-state index in [1.807, 2.05) is 18.2 Å². The first kappa shape index (κ1) is 16.7. The Hall–Kier alpha value is -2.17. The first-order chi connectivity index (χ1) is 11.5. The Balaban J connectivity index is 1.79. The van der Waals surface area contributed by atoms with Gasteiger partial charge in [0.25, 0.3) is 5.56 Å². The van der Waals surface area contributed by atoms with Gasteiger partial charge in [0.15, 0.2) is 0 Å². The average Bonchev–Trinajstić information content (AvgIpc) is 2.56. The van der Waals surface area contributed by atoms with Crippen LogP contribution in [0, 0.1) is 18.8 Å². The van der Waals surface area contributed by atoms with E-state index in [4.69, 9.17) is 0 Å². The summed E-state index contributed by atoms with van der Waals surface area (Å²) in [5, 5.41) is 3.68. The summed E-state index contributed by atoms with van der Waals surface area (Å²) < 4.78 is 1.47. The van der Waals surface area contributed by atoms with Gasteiger partial charge in [0.2, 0.25) is 5.91 Å². The molecule has 1 saturated carbocycles. The van der Waals surface area contributed by atoms with Crippen LogP contribution in [-0.4, -0.2) is 21.5 Å². The third kappa shape index (κ3) is 3.21. The van der Waals surface area contributed by atoms with Crippen molar-refractivity contribution in [3.8, 4) is 0 Å². The molecule has 3 atom stereocenters. The fourth-order valence-electron chi connectivity index (χ4n) is 3.65. The molecule has 1 aromatic carbocycles. The number of para-hydroxylation sites is 1. The summed E-state index contributed by atoms with van der Waals surface area (Å²) in [4.78, 5) is 29.6. The van der Waals surface area contributed by atoms with Gasteiger partial charge in [-0.1, -0.05) is 38.8 Å². The van der Waals surface area contributed by atoms with Crippen LogP contribution in [0.3, 0.4) is 0 Å². The Bertz CT molecular complexity index is 812. The lowest BCUT2D eigenvalue weighted by atomic mass is 9.78. The minimum absolute atomic E-state index is 0.0279. The van der Waals surface area contributed by atoms with Gasteiger partial charge < -0.3 is 5.32 Å². The van der Waals surface area contributed by atoms with Gasteiger partial charge in [-0.05, 0) is 37.3 Å². The highest BCUT2D eigenvalue weighted by Gasteiger charge is 2.28. The van der Waals surface area contributed by atoms with Crippen molar-refractivity contribution in [1.29, 1.82) is 0 Å². The maximum absolute atomic E-state index is 12.6. The van der Waals surface area contributed by atoms with E-state index >= 15 is 0 Å². The lowest BCUT2D eigenvalue weighted by Gasteiger charge is -2.34. The van der Waals surface area contributed by atoms with Crippen molar-refractivity contribution in [3.05, 3.63) is 40.4 Å². The van der Waals surface area contributed by atoms with Crippen molar-refractivity contribution in [1.82, 2.24) is 14.9 Å². The summed E-state index contributed by atoms with van der Waals surface area (Å²) >= 11 is 0. The van der Waals surface area contributed by atoms with Crippen LogP contribution in [0.1, 0.15) is 38.9 Å². The van der Waals surface area contributed by atoms with Gasteiger partial charge in [0.05, 0.1) is 10.9 Å². The summed E-state index contributed by atoms with van der Waals surface area (Å²) in [6, 6.07) is 7.45. The van der Waals surface area contributed by atoms with E-state index in [9.17, 15) is 9.59 Å². The van der Waals surface area contributed by atoms with Crippen molar-refractivity contribution in [2.45, 2.75) is 52.6 Å². The van der Waals surface area contributed by atoms with E-state index in [1.54, 1.807) is 13.0 Å². The molecule has 0 aliphatic heterocycles. The molecule has 0 unspecified atom stereocenters. The number of carbonyl (C=O) groups is 1. The fraction of sp³-hybridized carbons (Fsp3) is 0.526. The summed E-state index contributed by atoms with van der Waals surface area (Å²) in [6.07, 6.45) is 3.38. The molecule has 24 heavy (non-hydrogen) atoms. The maximum atomic E-state index is 12.6. The van der Waals surface area contributed by atoms with Crippen molar-refractivity contribution >= 4 is 16.8 Å². The Kier molecular flexibility index (Phi) is 4.69. The smallest absolute Gasteiger partial charge is 0.261 e. The number of carbonyl (C=O) groups excluding carboxylic acids is 1. The van der Waals surface area contributed by atoms with Crippen LogP contribution in [0.15, 0.2) is 29.1 Å². The molecule has 1 N–H and O–H groups in total. The van der Waals surface area contributed by atoms with Crippen molar-refractivity contribution in [3.63, 3.8) is 0 Å². The molecule has 2 aromatic rings. The second-order valence-electron chi connectivity index (χ2n) is 7.01. The number of aromatic nitrogens is 2. The number of nitrogens with one attached hydrogen (secondary N) is 1. The summed E-state index contributed by atoms with van der Waals surface area (Å²) in [5.74, 6) is 1.55. The SMILES string of the molecule is Cc1nc2ccccc2c(=O)n1CC(=O)N[C@@H]1CCC[C@H](C)[C@@H]1C. The highest BCUT2D eigenvalue weighted by atomic mass is 16.2. The van der Waals surface area contributed by atoms with Gasteiger partial charge in [-0.15, -0.1) is 0 Å². The van der Waals surface area contributed by atoms with E-state index in [0.717, 1.165) is 12.8 Å². The van der Waals surface area contributed by atoms with Crippen LogP contribution in [0.4, 0.5) is 0 Å². The molecular weight excluding hydrogens is 302 g/mol. The van der Waals surface area contributed by atoms with Gasteiger partial charge in [-0.3, -0.25) is 14.2 Å². The zero-order valence-electron chi connectivity index (χ0n) is 14.6. The number of nitrogens with zero attached hydrogens (tertiary/aromatic N) is 2. The Morgan fingerprint density at radius 2 is 2.04 bits per heavy atom. The molecule has 1 amide bonds. The molecule has 1 heterocycles. The predicted molar refractivity (Wildman–Crippen MR) is 94.8 cm³/mol. The Morgan fingerprint density at radius 1 is 1.29 bits per heavy atom. The molecule has 1 aromatic heterocycles. The largest absolute Gasteiger partial charge is 0.352 e. The van der Waals surface area contributed by atoms with Gasteiger partial charge in [-0.2, -0.15) is 0 Å². The number of hydrogen-bond donors (Lipinski definition) is 1. The quantitative estimate of drug-likeness (QED) is 0.942. The van der Waals surface area contributed by atoms with Crippen LogP contribution in [0.5, 0.6) is 0 Å². The lowest BCUT2D eigenvalue weighted by molar-refractivity contribution is -0.123. The summed E-state index contributed by atoms with van der Waals surface area (Å²) in [6.45, 7) is 6.24. The van der Waals surface area contributed by atoms with Crippen LogP contribution in [0.25, 0.3) is 10.9 Å². The first-order valence-electron chi connectivity index (χ1n) is 8.73. The molecule has 0 radical (unpaired) electrons. The van der Waals surface area contributed by atoms with E-state index in [0.29, 0.717) is 28.6 Å². The number of benzene rings is 1. The molecule has 0 saturated heterocycles. The maximum Gasteiger partial charge on any atom is 0.261 e. The van der Waals surface area contributed by atoms with Crippen LogP contribution in [-0.2, 0) is 11.3 Å². The number of fused-ring (bicyclic) bond motifs is 1. The van der Waals surface area contributed by atoms with Crippen molar-refractivity contribution in [2.75, 3.05) is 0 Å². The minimum Gasteiger partial charge on any atom is -0.352 e. The fourth-order valence-corrected chi connectivity index (χ4v) is 3.65. The molecule has 0 spiro atoms. The molecule has 1 fully saturated rings. The van der Waals surface area contributed by atoms with Gasteiger partial charge in [0, 0.05) is 6.04 Å². The van der Waals surface area contributed by atoms with Gasteiger partial charge >= 0.3 is 0 Å². The molecule has 3 rings (SSSR count). The first-order valence-corrected chi connectivity index (χ1v) is 8.73. The number of rotatable bonds is 3. The van der Waals surface area contributed by atoms with Gasteiger partial charge in [-0.25, -0.2) is 4.98 Å². The molecule has 5 heteroatoms. The van der Waals surface area contributed by atoms with Crippen LogP contribution >= 0.6 is 0 Å². The summed E-state index contributed by atoms with van der Waals surface area (Å²) in [7, 11) is 0. The zero-order chi connectivity index (χ0) is 17.3. The van der Waals surface area contributed by atoms with Crippen molar-refractivity contribution < 1.29 is 4.79 Å². The van der Waals surface area contributed by atoms with E-state index in [-0.39, 0.29) is 24.1 Å². The van der Waals surface area contributed by atoms with Gasteiger partial charge in [0.1, 0.15) is 12.4 Å². The molecule has 0 bridgehead atoms. The van der Waals surface area contributed by atoms with Crippen LogP contribution < -0.4 is 10.9 Å². The Labute approximate surface area is 142 Å². The number of hydrogen-bond acceptors (Lipinski definition) is 3. The van der Waals surface area contributed by atoms with E-state index in [1.165, 1.54) is 11.0 Å². The molecule has 1 aliphatic rings. The van der Waals surface area contributed by atoms with Crippen molar-refractivity contribution in [2.24, 2.45) is 11.8 Å². The third-order valence-corrected chi connectivity index (χ3v) is 5.41. The Morgan fingerprint density at radius 3 is 2.83 bits per heavy atom. The second-order valence-corrected chi connectivity index (χ2v) is 7.01. The van der Waals surface area contributed by atoms with E-state index in [2.05, 4.69) is 24.1 Å². The average molecular weight is 327 g/mol. The number of aryl methyl sites for hydroxylation is 1. The van der Waals surface area contributed by atoms with E-state index < -0.39 is 0 Å². The summed E-state index contributed by atoms with van der Waals surface area (Å²) in [5.41, 5.74) is 0.518. The number of amides is 1. The minimum atomic E-state index is -0.154. The monoisotopic (exact) mass is 327 g/mol. The third-order valence-electron chi connectivity index (χ3n) is 5.41. The van der Waals surface area contributed by atoms with Crippen LogP contribution in [0.2, 0.25) is 0 Å².